The van der Waals surface area contributed by atoms with Gasteiger partial charge in [0.1, 0.15) is 0 Å². The molecule has 66 valence electrons. The number of hydrogen-bond acceptors (Lipinski definition) is 2. The van der Waals surface area contributed by atoms with E-state index in [0.29, 0.717) is 0 Å². The lowest BCUT2D eigenvalue weighted by molar-refractivity contribution is 0.489. The molecule has 13 heavy (non-hydrogen) atoms. The second-order valence-corrected chi connectivity index (χ2v) is 2.96. The summed E-state index contributed by atoms with van der Waals surface area (Å²) < 4.78 is 0. The average Bonchev–Trinajstić information content (AvgIpc) is 2.21. The molecule has 0 saturated carbocycles. The first-order valence-electron chi connectivity index (χ1n) is 4.34. The highest BCUT2D eigenvalue weighted by Gasteiger charge is 1.97. The van der Waals surface area contributed by atoms with Crippen LogP contribution in [0.15, 0.2) is 55.1 Å². The van der Waals surface area contributed by atoms with Gasteiger partial charge in [-0.05, 0) is 5.56 Å². The zero-order valence-electron chi connectivity index (χ0n) is 7.35. The molecule has 2 rings (SSSR count). The summed E-state index contributed by atoms with van der Waals surface area (Å²) in [5.41, 5.74) is 1.32. The zero-order valence-corrected chi connectivity index (χ0v) is 7.35. The molecule has 0 aromatic heterocycles. The van der Waals surface area contributed by atoms with Gasteiger partial charge in [-0.15, -0.1) is 0 Å². The summed E-state index contributed by atoms with van der Waals surface area (Å²) in [5, 5.41) is 3.00. The van der Waals surface area contributed by atoms with E-state index in [-0.39, 0.29) is 0 Å². The number of benzene rings is 1. The summed E-state index contributed by atoms with van der Waals surface area (Å²) in [6.07, 6.45) is 7.88. The Hall–Kier alpha value is -1.70. The molecule has 1 aromatic rings. The highest BCUT2D eigenvalue weighted by atomic mass is 15.1. The maximum absolute atomic E-state index is 3.00. The fourth-order valence-electron chi connectivity index (χ4n) is 1.28. The summed E-state index contributed by atoms with van der Waals surface area (Å²) >= 11 is 0. The topological polar surface area (TPSA) is 15.3 Å². The Balaban J connectivity index is 2.02. The minimum absolute atomic E-state index is 0.926. The lowest BCUT2D eigenvalue weighted by Gasteiger charge is -2.17. The summed E-state index contributed by atoms with van der Waals surface area (Å²) in [6, 6.07) is 10.4. The maximum atomic E-state index is 3.00. The van der Waals surface area contributed by atoms with E-state index < -0.39 is 0 Å². The van der Waals surface area contributed by atoms with Crippen LogP contribution in [0.3, 0.4) is 0 Å². The number of nitrogens with one attached hydrogen (secondary N) is 1. The molecule has 0 radical (unpaired) electrons. The van der Waals surface area contributed by atoms with Crippen molar-refractivity contribution >= 4 is 0 Å². The van der Waals surface area contributed by atoms with Gasteiger partial charge in [0.05, 0.1) is 0 Å². The molecule has 1 aliphatic rings. The van der Waals surface area contributed by atoms with Crippen LogP contribution in [0.25, 0.3) is 0 Å². The Kier molecular flexibility index (Phi) is 2.32. The zero-order chi connectivity index (χ0) is 8.93. The van der Waals surface area contributed by atoms with Crippen LogP contribution in [-0.4, -0.2) is 4.90 Å². The molecule has 1 heterocycles. The van der Waals surface area contributed by atoms with Gasteiger partial charge in [-0.2, -0.15) is 0 Å². The van der Waals surface area contributed by atoms with Crippen LogP contribution in [0.5, 0.6) is 0 Å². The molecule has 0 fully saturated rings. The van der Waals surface area contributed by atoms with Gasteiger partial charge in [0.2, 0.25) is 0 Å². The van der Waals surface area contributed by atoms with Gasteiger partial charge >= 0.3 is 0 Å². The van der Waals surface area contributed by atoms with Crippen LogP contribution in [0.4, 0.5) is 0 Å². The number of rotatable bonds is 2. The normalized spacial score (nSPS) is 14.3. The van der Waals surface area contributed by atoms with Gasteiger partial charge in [-0.1, -0.05) is 30.3 Å². The molecule has 2 heteroatoms. The van der Waals surface area contributed by atoms with Crippen molar-refractivity contribution < 1.29 is 0 Å². The molecule has 0 amide bonds. The summed E-state index contributed by atoms with van der Waals surface area (Å²) in [4.78, 5) is 2.13. The first kappa shape index (κ1) is 7.92. The maximum Gasteiger partial charge on any atom is 0.0471 e. The van der Waals surface area contributed by atoms with Crippen LogP contribution in [0.1, 0.15) is 5.56 Å². The second kappa shape index (κ2) is 3.81. The van der Waals surface area contributed by atoms with Crippen molar-refractivity contribution in [1.29, 1.82) is 0 Å². The van der Waals surface area contributed by atoms with E-state index in [0.717, 1.165) is 6.54 Å². The molecular formula is C11H12N2. The molecular weight excluding hydrogens is 160 g/mol. The van der Waals surface area contributed by atoms with Crippen LogP contribution in [0, 0.1) is 0 Å². The standard InChI is InChI=1S/C11H12N2/c1-2-4-11(5-3-1)10-13-8-6-12-7-9-13/h1-9,12H,10H2. The molecule has 0 spiro atoms. The van der Waals surface area contributed by atoms with Crippen LogP contribution < -0.4 is 5.32 Å². The largest absolute Gasteiger partial charge is 0.365 e. The third-order valence-electron chi connectivity index (χ3n) is 1.93. The molecule has 0 unspecified atom stereocenters. The molecule has 1 N–H and O–H groups in total. The molecule has 2 nitrogen and oxygen atoms in total. The quantitative estimate of drug-likeness (QED) is 0.734. The van der Waals surface area contributed by atoms with Gasteiger partial charge in [0.25, 0.3) is 0 Å². The molecule has 0 saturated heterocycles. The molecule has 0 atom stereocenters. The van der Waals surface area contributed by atoms with Gasteiger partial charge in [0, 0.05) is 31.3 Å². The van der Waals surface area contributed by atoms with Gasteiger partial charge in [0.15, 0.2) is 0 Å². The summed E-state index contributed by atoms with van der Waals surface area (Å²) in [6.45, 7) is 0.926. The fraction of sp³-hybridized carbons (Fsp3) is 0.0909. The van der Waals surface area contributed by atoms with E-state index in [1.54, 1.807) is 0 Å². The van der Waals surface area contributed by atoms with E-state index in [2.05, 4.69) is 34.5 Å². The predicted octanol–water partition coefficient (Wildman–Crippen LogP) is 2.03. The molecule has 1 aromatic carbocycles. The predicted molar refractivity (Wildman–Crippen MR) is 53.4 cm³/mol. The third kappa shape index (κ3) is 2.12. The minimum atomic E-state index is 0.926. The monoisotopic (exact) mass is 172 g/mol. The van der Waals surface area contributed by atoms with Crippen molar-refractivity contribution in [3.8, 4) is 0 Å². The van der Waals surface area contributed by atoms with Gasteiger partial charge < -0.3 is 10.2 Å². The van der Waals surface area contributed by atoms with Crippen molar-refractivity contribution in [3.63, 3.8) is 0 Å². The molecule has 0 aliphatic carbocycles. The SMILES string of the molecule is C1=CN(Cc2ccccc2)C=CN1. The Morgan fingerprint density at radius 2 is 1.69 bits per heavy atom. The van der Waals surface area contributed by atoms with Gasteiger partial charge in [-0.3, -0.25) is 0 Å². The van der Waals surface area contributed by atoms with Crippen molar-refractivity contribution in [1.82, 2.24) is 10.2 Å². The Bertz CT molecular complexity index is 302. The van der Waals surface area contributed by atoms with E-state index in [1.807, 2.05) is 30.9 Å². The minimum Gasteiger partial charge on any atom is -0.365 e. The first-order valence-corrected chi connectivity index (χ1v) is 4.34. The average molecular weight is 172 g/mol. The highest BCUT2D eigenvalue weighted by Crippen LogP contribution is 2.06. The second-order valence-electron chi connectivity index (χ2n) is 2.96. The van der Waals surface area contributed by atoms with Crippen molar-refractivity contribution in [2.75, 3.05) is 0 Å². The van der Waals surface area contributed by atoms with Gasteiger partial charge in [-0.25, -0.2) is 0 Å². The van der Waals surface area contributed by atoms with E-state index in [4.69, 9.17) is 0 Å². The molecule has 1 aliphatic heterocycles. The summed E-state index contributed by atoms with van der Waals surface area (Å²) in [5.74, 6) is 0. The third-order valence-corrected chi connectivity index (χ3v) is 1.93. The number of nitrogens with zero attached hydrogens (tertiary/aromatic N) is 1. The Morgan fingerprint density at radius 1 is 1.00 bits per heavy atom. The van der Waals surface area contributed by atoms with Crippen molar-refractivity contribution in [2.24, 2.45) is 0 Å². The van der Waals surface area contributed by atoms with E-state index in [1.165, 1.54) is 5.56 Å². The lowest BCUT2D eigenvalue weighted by Crippen LogP contribution is -2.14. The smallest absolute Gasteiger partial charge is 0.0471 e. The van der Waals surface area contributed by atoms with Crippen LogP contribution in [-0.2, 0) is 6.54 Å². The van der Waals surface area contributed by atoms with E-state index >= 15 is 0 Å². The Labute approximate surface area is 78.2 Å². The first-order chi connectivity index (χ1) is 6.45. The van der Waals surface area contributed by atoms with E-state index in [9.17, 15) is 0 Å². The lowest BCUT2D eigenvalue weighted by atomic mass is 10.2. The fourth-order valence-corrected chi connectivity index (χ4v) is 1.28. The van der Waals surface area contributed by atoms with Crippen molar-refractivity contribution in [3.05, 3.63) is 60.7 Å². The number of hydrogen-bond donors (Lipinski definition) is 1. The van der Waals surface area contributed by atoms with Crippen LogP contribution in [0.2, 0.25) is 0 Å². The molecule has 0 bridgehead atoms. The summed E-state index contributed by atoms with van der Waals surface area (Å²) in [7, 11) is 0. The Morgan fingerprint density at radius 3 is 2.38 bits per heavy atom. The van der Waals surface area contributed by atoms with Crippen LogP contribution >= 0.6 is 0 Å². The van der Waals surface area contributed by atoms with Crippen molar-refractivity contribution in [2.45, 2.75) is 6.54 Å². The highest BCUT2D eigenvalue weighted by molar-refractivity contribution is 5.16.